The predicted molar refractivity (Wildman–Crippen MR) is 126 cm³/mol. The van der Waals surface area contributed by atoms with Gasteiger partial charge in [-0.2, -0.15) is 0 Å². The first kappa shape index (κ1) is 22.8. The molecule has 1 N–H and O–H groups in total. The molecule has 0 saturated heterocycles. The first-order chi connectivity index (χ1) is 14.8. The number of hydrogen-bond donors (Lipinski definition) is 1. The van der Waals surface area contributed by atoms with E-state index in [9.17, 15) is 13.2 Å². The molecule has 0 aliphatic heterocycles. The second-order valence-corrected chi connectivity index (χ2v) is 9.74. The van der Waals surface area contributed by atoms with Gasteiger partial charge in [-0.25, -0.2) is 8.42 Å². The van der Waals surface area contributed by atoms with Crippen LogP contribution in [0.2, 0.25) is 5.02 Å². The van der Waals surface area contributed by atoms with Crippen LogP contribution >= 0.6 is 11.6 Å². The van der Waals surface area contributed by atoms with E-state index in [4.69, 9.17) is 11.6 Å². The van der Waals surface area contributed by atoms with Gasteiger partial charge >= 0.3 is 0 Å². The minimum Gasteiger partial charge on any atom is -0.351 e. The van der Waals surface area contributed by atoms with Crippen LogP contribution < -0.4 is 9.62 Å². The Bertz CT molecular complexity index is 1130. The largest absolute Gasteiger partial charge is 0.351 e. The zero-order valence-electron chi connectivity index (χ0n) is 17.5. The Hall–Kier alpha value is -2.83. The molecule has 31 heavy (non-hydrogen) atoms. The SMILES string of the molecule is C[C@H](CNC(=O)c1ccc(N(Cc2ccccc2Cl)S(C)(=O)=O)cc1)c1ccccc1. The van der Waals surface area contributed by atoms with Gasteiger partial charge in [0, 0.05) is 17.1 Å². The Morgan fingerprint density at radius 1 is 0.968 bits per heavy atom. The molecule has 0 saturated carbocycles. The van der Waals surface area contributed by atoms with Crippen LogP contribution in [0.3, 0.4) is 0 Å². The van der Waals surface area contributed by atoms with Crippen LogP contribution in [-0.4, -0.2) is 27.1 Å². The highest BCUT2D eigenvalue weighted by Crippen LogP contribution is 2.24. The van der Waals surface area contributed by atoms with E-state index >= 15 is 0 Å². The second kappa shape index (κ2) is 9.98. The molecule has 3 rings (SSSR count). The fraction of sp³-hybridized carbons (Fsp3) is 0.208. The Balaban J connectivity index is 1.71. The number of benzene rings is 3. The number of sulfonamides is 1. The summed E-state index contributed by atoms with van der Waals surface area (Å²) in [5.41, 5.74) is 2.79. The summed E-state index contributed by atoms with van der Waals surface area (Å²) in [6.45, 7) is 2.67. The second-order valence-electron chi connectivity index (χ2n) is 7.43. The van der Waals surface area contributed by atoms with Gasteiger partial charge < -0.3 is 5.32 Å². The number of carbonyl (C=O) groups is 1. The van der Waals surface area contributed by atoms with Gasteiger partial charge in [0.15, 0.2) is 0 Å². The third kappa shape index (κ3) is 6.09. The van der Waals surface area contributed by atoms with Crippen LogP contribution in [0.25, 0.3) is 0 Å². The highest BCUT2D eigenvalue weighted by Gasteiger charge is 2.19. The third-order valence-electron chi connectivity index (χ3n) is 5.03. The zero-order chi connectivity index (χ0) is 22.4. The van der Waals surface area contributed by atoms with E-state index in [0.717, 1.165) is 11.8 Å². The molecule has 5 nitrogen and oxygen atoms in total. The summed E-state index contributed by atoms with van der Waals surface area (Å²) in [6.07, 6.45) is 1.15. The number of carbonyl (C=O) groups excluding carboxylic acids is 1. The van der Waals surface area contributed by atoms with Crippen LogP contribution in [-0.2, 0) is 16.6 Å². The van der Waals surface area contributed by atoms with Crippen molar-refractivity contribution in [2.75, 3.05) is 17.1 Å². The normalized spacial score (nSPS) is 12.2. The van der Waals surface area contributed by atoms with Gasteiger partial charge in [0.25, 0.3) is 5.91 Å². The van der Waals surface area contributed by atoms with Crippen molar-refractivity contribution in [1.82, 2.24) is 5.32 Å². The van der Waals surface area contributed by atoms with E-state index in [2.05, 4.69) is 12.2 Å². The fourth-order valence-electron chi connectivity index (χ4n) is 3.21. The average molecular weight is 457 g/mol. The molecule has 0 spiro atoms. The maximum atomic E-state index is 12.5. The van der Waals surface area contributed by atoms with Gasteiger partial charge in [0.05, 0.1) is 18.5 Å². The summed E-state index contributed by atoms with van der Waals surface area (Å²) in [5.74, 6) is -0.0212. The number of nitrogens with one attached hydrogen (secondary N) is 1. The molecule has 1 amide bonds. The zero-order valence-corrected chi connectivity index (χ0v) is 19.0. The monoisotopic (exact) mass is 456 g/mol. The molecule has 0 aliphatic carbocycles. The van der Waals surface area contributed by atoms with E-state index in [-0.39, 0.29) is 18.4 Å². The highest BCUT2D eigenvalue weighted by atomic mass is 35.5. The van der Waals surface area contributed by atoms with E-state index < -0.39 is 10.0 Å². The van der Waals surface area contributed by atoms with E-state index in [1.54, 1.807) is 42.5 Å². The Kier molecular flexibility index (Phi) is 7.36. The Labute approximate surface area is 188 Å². The first-order valence-electron chi connectivity index (χ1n) is 9.90. The molecular weight excluding hydrogens is 432 g/mol. The Morgan fingerprint density at radius 3 is 2.19 bits per heavy atom. The molecular formula is C24H25ClN2O3S. The van der Waals surface area contributed by atoms with Crippen molar-refractivity contribution >= 4 is 33.2 Å². The van der Waals surface area contributed by atoms with Gasteiger partial charge in [-0.05, 0) is 47.4 Å². The number of rotatable bonds is 8. The van der Waals surface area contributed by atoms with Crippen molar-refractivity contribution in [3.8, 4) is 0 Å². The van der Waals surface area contributed by atoms with Crippen LogP contribution in [0, 0.1) is 0 Å². The molecule has 0 aliphatic rings. The molecule has 0 radical (unpaired) electrons. The van der Waals surface area contributed by atoms with Crippen molar-refractivity contribution in [2.24, 2.45) is 0 Å². The molecule has 0 fully saturated rings. The number of nitrogens with zero attached hydrogens (tertiary/aromatic N) is 1. The van der Waals surface area contributed by atoms with Crippen LogP contribution in [0.15, 0.2) is 78.9 Å². The predicted octanol–water partition coefficient (Wildman–Crippen LogP) is 4.84. The summed E-state index contributed by atoms with van der Waals surface area (Å²) >= 11 is 6.20. The van der Waals surface area contributed by atoms with Crippen molar-refractivity contribution in [3.63, 3.8) is 0 Å². The fourth-order valence-corrected chi connectivity index (χ4v) is 4.28. The summed E-state index contributed by atoms with van der Waals surface area (Å²) in [5, 5.41) is 3.43. The van der Waals surface area contributed by atoms with Crippen LogP contribution in [0.5, 0.6) is 0 Å². The lowest BCUT2D eigenvalue weighted by molar-refractivity contribution is 0.0951. The van der Waals surface area contributed by atoms with Gasteiger partial charge in [-0.15, -0.1) is 0 Å². The Morgan fingerprint density at radius 2 is 1.58 bits per heavy atom. The lowest BCUT2D eigenvalue weighted by Gasteiger charge is -2.23. The molecule has 1 atom stereocenters. The summed E-state index contributed by atoms with van der Waals surface area (Å²) in [7, 11) is -3.54. The minimum atomic E-state index is -3.54. The molecule has 7 heteroatoms. The van der Waals surface area contributed by atoms with Crippen molar-refractivity contribution in [3.05, 3.63) is 101 Å². The van der Waals surface area contributed by atoms with Crippen LogP contribution in [0.1, 0.15) is 34.3 Å². The van der Waals surface area contributed by atoms with Crippen molar-refractivity contribution in [2.45, 2.75) is 19.4 Å². The summed E-state index contributed by atoms with van der Waals surface area (Å²) in [4.78, 5) is 12.5. The molecule has 0 unspecified atom stereocenters. The van der Waals surface area contributed by atoms with Gasteiger partial charge in [0.2, 0.25) is 10.0 Å². The van der Waals surface area contributed by atoms with Crippen LogP contribution in [0.4, 0.5) is 5.69 Å². The maximum absolute atomic E-state index is 12.5. The van der Waals surface area contributed by atoms with Gasteiger partial charge in [-0.1, -0.05) is 67.1 Å². The lowest BCUT2D eigenvalue weighted by atomic mass is 10.0. The average Bonchev–Trinajstić information content (AvgIpc) is 2.76. The smallest absolute Gasteiger partial charge is 0.251 e. The molecule has 3 aromatic carbocycles. The molecule has 3 aromatic rings. The number of amides is 1. The highest BCUT2D eigenvalue weighted by molar-refractivity contribution is 7.92. The minimum absolute atomic E-state index is 0.110. The number of hydrogen-bond acceptors (Lipinski definition) is 3. The topological polar surface area (TPSA) is 66.5 Å². The summed E-state index contributed by atoms with van der Waals surface area (Å²) in [6, 6.07) is 23.6. The van der Waals surface area contributed by atoms with Crippen molar-refractivity contribution < 1.29 is 13.2 Å². The van der Waals surface area contributed by atoms with E-state index in [1.807, 2.05) is 36.4 Å². The molecule has 0 bridgehead atoms. The first-order valence-corrected chi connectivity index (χ1v) is 12.1. The summed E-state index contributed by atoms with van der Waals surface area (Å²) < 4.78 is 26.0. The maximum Gasteiger partial charge on any atom is 0.251 e. The third-order valence-corrected chi connectivity index (χ3v) is 6.54. The van der Waals surface area contributed by atoms with E-state index in [0.29, 0.717) is 28.4 Å². The quantitative estimate of drug-likeness (QED) is 0.527. The molecule has 0 aromatic heterocycles. The number of halogens is 1. The lowest BCUT2D eigenvalue weighted by Crippen LogP contribution is -2.30. The van der Waals surface area contributed by atoms with Gasteiger partial charge in [-0.3, -0.25) is 9.10 Å². The van der Waals surface area contributed by atoms with E-state index in [1.165, 1.54) is 4.31 Å². The molecule has 0 heterocycles. The van der Waals surface area contributed by atoms with Gasteiger partial charge in [0.1, 0.15) is 0 Å². The van der Waals surface area contributed by atoms with Crippen molar-refractivity contribution in [1.29, 1.82) is 0 Å². The molecule has 162 valence electrons. The standard InChI is InChI=1S/C24H25ClN2O3S/c1-18(19-8-4-3-5-9-19)16-26-24(28)20-12-14-22(15-13-20)27(31(2,29)30)17-21-10-6-7-11-23(21)25/h3-15,18H,16-17H2,1-2H3,(H,26,28)/t18-/m1/s1. The number of anilines is 1.